The van der Waals surface area contributed by atoms with E-state index in [1.54, 1.807) is 0 Å². The van der Waals surface area contributed by atoms with Crippen LogP contribution in [0.2, 0.25) is 0 Å². The van der Waals surface area contributed by atoms with Crippen molar-refractivity contribution >= 4 is 0 Å². The summed E-state index contributed by atoms with van der Waals surface area (Å²) < 4.78 is 5.55. The van der Waals surface area contributed by atoms with Gasteiger partial charge in [-0.3, -0.25) is 0 Å². The van der Waals surface area contributed by atoms with E-state index >= 15 is 0 Å². The van der Waals surface area contributed by atoms with Gasteiger partial charge in [0.1, 0.15) is 0 Å². The van der Waals surface area contributed by atoms with Crippen LogP contribution in [0.15, 0.2) is 0 Å². The van der Waals surface area contributed by atoms with Crippen LogP contribution in [0.3, 0.4) is 0 Å². The smallest absolute Gasteiger partial charge is 0.0619 e. The summed E-state index contributed by atoms with van der Waals surface area (Å²) in [6.07, 6.45) is 9.40. The van der Waals surface area contributed by atoms with Crippen molar-refractivity contribution in [2.24, 2.45) is 11.3 Å². The van der Waals surface area contributed by atoms with E-state index in [0.717, 1.165) is 25.2 Å². The molecule has 0 spiro atoms. The maximum absolute atomic E-state index is 5.55. The first-order valence-electron chi connectivity index (χ1n) is 7.95. The predicted molar refractivity (Wildman–Crippen MR) is 76.8 cm³/mol. The molecule has 1 saturated heterocycles. The number of hydrogen-bond acceptors (Lipinski definition) is 2. The van der Waals surface area contributed by atoms with Crippen LogP contribution in [-0.2, 0) is 4.74 Å². The Balaban J connectivity index is 1.73. The highest BCUT2D eigenvalue weighted by Gasteiger charge is 2.32. The molecule has 0 aromatic carbocycles. The maximum Gasteiger partial charge on any atom is 0.0619 e. The average molecular weight is 253 g/mol. The van der Waals surface area contributed by atoms with Gasteiger partial charge in [-0.2, -0.15) is 0 Å². The lowest BCUT2D eigenvalue weighted by Gasteiger charge is -2.40. The Kier molecular flexibility index (Phi) is 5.08. The van der Waals surface area contributed by atoms with Crippen LogP contribution in [-0.4, -0.2) is 25.3 Å². The van der Waals surface area contributed by atoms with Gasteiger partial charge in [0.2, 0.25) is 0 Å². The molecular formula is C16H31NO. The number of nitrogens with one attached hydrogen (secondary N) is 1. The highest BCUT2D eigenvalue weighted by Crippen LogP contribution is 2.40. The Morgan fingerprint density at radius 2 is 1.78 bits per heavy atom. The molecule has 2 rings (SSSR count). The Hall–Kier alpha value is -0.0800. The molecule has 2 aliphatic rings. The molecule has 0 amide bonds. The fourth-order valence-corrected chi connectivity index (χ4v) is 3.54. The lowest BCUT2D eigenvalue weighted by Crippen LogP contribution is -2.45. The summed E-state index contributed by atoms with van der Waals surface area (Å²) >= 11 is 0. The molecule has 2 heteroatoms. The third-order valence-corrected chi connectivity index (χ3v) is 5.38. The second kappa shape index (κ2) is 6.38. The first kappa shape index (κ1) is 14.3. The zero-order valence-electron chi connectivity index (χ0n) is 12.5. The van der Waals surface area contributed by atoms with E-state index < -0.39 is 0 Å². The van der Waals surface area contributed by atoms with Crippen LogP contribution in [0, 0.1) is 11.3 Å². The molecule has 1 atom stereocenters. The van der Waals surface area contributed by atoms with Gasteiger partial charge >= 0.3 is 0 Å². The first-order chi connectivity index (χ1) is 8.62. The summed E-state index contributed by atoms with van der Waals surface area (Å²) in [5.41, 5.74) is 0.541. The van der Waals surface area contributed by atoms with Crippen molar-refractivity contribution in [2.45, 2.75) is 77.8 Å². The molecule has 2 fully saturated rings. The lowest BCUT2D eigenvalue weighted by molar-refractivity contribution is 0.0592. The van der Waals surface area contributed by atoms with E-state index in [4.69, 9.17) is 4.74 Å². The Morgan fingerprint density at radius 1 is 1.06 bits per heavy atom. The van der Waals surface area contributed by atoms with Crippen LogP contribution >= 0.6 is 0 Å². The van der Waals surface area contributed by atoms with Crippen LogP contribution in [0.1, 0.15) is 65.7 Å². The molecule has 0 bridgehead atoms. The second-order valence-electron chi connectivity index (χ2n) is 6.97. The third-order valence-electron chi connectivity index (χ3n) is 5.38. The van der Waals surface area contributed by atoms with Gasteiger partial charge in [-0.05, 0) is 49.9 Å². The van der Waals surface area contributed by atoms with Crippen molar-refractivity contribution in [3.05, 3.63) is 0 Å². The normalized spacial score (nSPS) is 34.5. The first-order valence-corrected chi connectivity index (χ1v) is 7.95. The van der Waals surface area contributed by atoms with Gasteiger partial charge in [0.15, 0.2) is 0 Å². The highest BCUT2D eigenvalue weighted by atomic mass is 16.5. The summed E-state index contributed by atoms with van der Waals surface area (Å²) in [7, 11) is 0. The fraction of sp³-hybridized carbons (Fsp3) is 1.00. The monoisotopic (exact) mass is 253 g/mol. The van der Waals surface area contributed by atoms with E-state index in [1.165, 1.54) is 44.9 Å². The van der Waals surface area contributed by atoms with Crippen LogP contribution in [0.5, 0.6) is 0 Å². The minimum atomic E-state index is 0.541. The quantitative estimate of drug-likeness (QED) is 0.824. The third kappa shape index (κ3) is 3.71. The second-order valence-corrected chi connectivity index (χ2v) is 6.97. The van der Waals surface area contributed by atoms with Crippen molar-refractivity contribution in [3.63, 3.8) is 0 Å². The molecule has 1 N–H and O–H groups in total. The van der Waals surface area contributed by atoms with E-state index in [9.17, 15) is 0 Å². The number of ether oxygens (including phenoxy) is 1. The summed E-state index contributed by atoms with van der Waals surface area (Å²) in [4.78, 5) is 0. The van der Waals surface area contributed by atoms with E-state index in [-0.39, 0.29) is 0 Å². The molecule has 18 heavy (non-hydrogen) atoms. The van der Waals surface area contributed by atoms with E-state index in [1.807, 2.05) is 0 Å². The van der Waals surface area contributed by atoms with Gasteiger partial charge < -0.3 is 10.1 Å². The van der Waals surface area contributed by atoms with Gasteiger partial charge in [0.05, 0.1) is 6.61 Å². The Bertz CT molecular complexity index is 237. The molecule has 0 aromatic rings. The molecule has 2 nitrogen and oxygen atoms in total. The average Bonchev–Trinajstić information content (AvgIpc) is 2.40. The van der Waals surface area contributed by atoms with Gasteiger partial charge in [0.25, 0.3) is 0 Å². The topological polar surface area (TPSA) is 21.3 Å². The maximum atomic E-state index is 5.55. The van der Waals surface area contributed by atoms with Crippen LogP contribution in [0.25, 0.3) is 0 Å². The lowest BCUT2D eigenvalue weighted by atomic mass is 9.69. The van der Waals surface area contributed by atoms with Crippen molar-refractivity contribution in [2.75, 3.05) is 13.2 Å². The molecule has 1 unspecified atom stereocenters. The Morgan fingerprint density at radius 3 is 2.33 bits per heavy atom. The summed E-state index contributed by atoms with van der Waals surface area (Å²) in [6, 6.07) is 1.38. The molecular weight excluding hydrogens is 222 g/mol. The van der Waals surface area contributed by atoms with Gasteiger partial charge in [0, 0.05) is 18.7 Å². The molecule has 0 aromatic heterocycles. The van der Waals surface area contributed by atoms with Crippen molar-refractivity contribution in [1.29, 1.82) is 0 Å². The zero-order chi connectivity index (χ0) is 13.0. The number of rotatable bonds is 4. The SMILES string of the molecule is CCC(C)(C)C1CCC(NC2CCCOC2)CC1. The standard InChI is InChI=1S/C16H31NO/c1-4-16(2,3)13-7-9-14(10-8-13)17-15-6-5-11-18-12-15/h13-15,17H,4-12H2,1-3H3. The molecule has 1 aliphatic heterocycles. The summed E-state index contributed by atoms with van der Waals surface area (Å²) in [5.74, 6) is 0.933. The summed E-state index contributed by atoms with van der Waals surface area (Å²) in [6.45, 7) is 9.13. The van der Waals surface area contributed by atoms with Crippen molar-refractivity contribution < 1.29 is 4.74 Å². The Labute approximate surface area is 113 Å². The molecule has 1 heterocycles. The summed E-state index contributed by atoms with van der Waals surface area (Å²) in [5, 5.41) is 3.82. The molecule has 0 radical (unpaired) electrons. The van der Waals surface area contributed by atoms with Gasteiger partial charge in [-0.25, -0.2) is 0 Å². The highest BCUT2D eigenvalue weighted by molar-refractivity contribution is 4.86. The van der Waals surface area contributed by atoms with E-state index in [0.29, 0.717) is 11.5 Å². The van der Waals surface area contributed by atoms with Gasteiger partial charge in [-0.1, -0.05) is 27.2 Å². The van der Waals surface area contributed by atoms with Crippen LogP contribution < -0.4 is 5.32 Å². The minimum absolute atomic E-state index is 0.541. The van der Waals surface area contributed by atoms with Crippen molar-refractivity contribution in [3.8, 4) is 0 Å². The number of hydrogen-bond donors (Lipinski definition) is 1. The molecule has 1 aliphatic carbocycles. The zero-order valence-corrected chi connectivity index (χ0v) is 12.5. The largest absolute Gasteiger partial charge is 0.380 e. The van der Waals surface area contributed by atoms with Crippen LogP contribution in [0.4, 0.5) is 0 Å². The van der Waals surface area contributed by atoms with Gasteiger partial charge in [-0.15, -0.1) is 0 Å². The van der Waals surface area contributed by atoms with E-state index in [2.05, 4.69) is 26.1 Å². The minimum Gasteiger partial charge on any atom is -0.380 e. The molecule has 1 saturated carbocycles. The fourth-order valence-electron chi connectivity index (χ4n) is 3.54. The molecule has 106 valence electrons. The predicted octanol–water partition coefficient (Wildman–Crippen LogP) is 3.75. The van der Waals surface area contributed by atoms with Crippen molar-refractivity contribution in [1.82, 2.24) is 5.32 Å².